The Hall–Kier alpha value is -1.06. The van der Waals surface area contributed by atoms with Crippen molar-refractivity contribution >= 4 is 0 Å². The van der Waals surface area contributed by atoms with Crippen molar-refractivity contribution in [2.75, 3.05) is 0 Å². The molecule has 0 spiro atoms. The fourth-order valence-electron chi connectivity index (χ4n) is 0.820. The third-order valence-corrected chi connectivity index (χ3v) is 1.45. The zero-order valence-corrected chi connectivity index (χ0v) is 7.03. The van der Waals surface area contributed by atoms with Crippen LogP contribution >= 0.6 is 0 Å². The fraction of sp³-hybridized carbons (Fsp3) is 0.333. The largest absolute Gasteiger partial charge is 0.508 e. The van der Waals surface area contributed by atoms with Gasteiger partial charge in [-0.25, -0.2) is 0 Å². The van der Waals surface area contributed by atoms with Gasteiger partial charge in [0.15, 0.2) is 0 Å². The number of ether oxygens (including phenoxy) is 1. The molecule has 1 unspecified atom stereocenters. The highest BCUT2D eigenvalue weighted by Crippen LogP contribution is 2.10. The van der Waals surface area contributed by atoms with Gasteiger partial charge in [0, 0.05) is 0 Å². The van der Waals surface area contributed by atoms with Gasteiger partial charge in [0.25, 0.3) is 0 Å². The van der Waals surface area contributed by atoms with Gasteiger partial charge in [-0.15, -0.1) is 0 Å². The quantitative estimate of drug-likeness (QED) is 0.665. The summed E-state index contributed by atoms with van der Waals surface area (Å²) >= 11 is 0. The topological polar surface area (TPSA) is 55.5 Å². The van der Waals surface area contributed by atoms with E-state index in [0.29, 0.717) is 6.61 Å². The monoisotopic (exact) mass is 167 g/mol. The molecule has 0 saturated heterocycles. The maximum absolute atomic E-state index is 8.97. The van der Waals surface area contributed by atoms with Crippen LogP contribution in [0.3, 0.4) is 0 Å². The Balaban J connectivity index is 2.48. The summed E-state index contributed by atoms with van der Waals surface area (Å²) in [7, 11) is 0. The Morgan fingerprint density at radius 2 is 2.00 bits per heavy atom. The van der Waals surface area contributed by atoms with Crippen LogP contribution in [0.5, 0.6) is 5.75 Å². The molecule has 3 N–H and O–H groups in total. The van der Waals surface area contributed by atoms with Crippen LogP contribution in [0, 0.1) is 0 Å². The molecule has 0 heterocycles. The molecule has 0 radical (unpaired) electrons. The van der Waals surface area contributed by atoms with Crippen molar-refractivity contribution in [1.82, 2.24) is 0 Å². The first kappa shape index (κ1) is 9.03. The molecule has 0 aliphatic carbocycles. The molecule has 1 aromatic rings. The number of nitrogens with two attached hydrogens (primary N) is 1. The summed E-state index contributed by atoms with van der Waals surface area (Å²) in [6.07, 6.45) is -0.251. The molecule has 0 aliphatic rings. The first-order chi connectivity index (χ1) is 5.68. The van der Waals surface area contributed by atoms with Gasteiger partial charge in [0.2, 0.25) is 0 Å². The Morgan fingerprint density at radius 1 is 1.42 bits per heavy atom. The highest BCUT2D eigenvalue weighted by atomic mass is 16.5. The zero-order valence-electron chi connectivity index (χ0n) is 7.03. The van der Waals surface area contributed by atoms with Gasteiger partial charge >= 0.3 is 0 Å². The Morgan fingerprint density at radius 3 is 2.50 bits per heavy atom. The van der Waals surface area contributed by atoms with Crippen molar-refractivity contribution in [1.29, 1.82) is 0 Å². The van der Waals surface area contributed by atoms with Crippen molar-refractivity contribution < 1.29 is 9.84 Å². The van der Waals surface area contributed by atoms with Crippen LogP contribution in [-0.2, 0) is 11.3 Å². The molecule has 3 heteroatoms. The molecular weight excluding hydrogens is 154 g/mol. The Labute approximate surface area is 71.8 Å². The molecule has 0 aliphatic heterocycles. The second-order valence-corrected chi connectivity index (χ2v) is 2.68. The lowest BCUT2D eigenvalue weighted by molar-refractivity contribution is 0.0576. The first-order valence-electron chi connectivity index (χ1n) is 3.83. The maximum Gasteiger partial charge on any atom is 0.115 e. The van der Waals surface area contributed by atoms with Crippen LogP contribution in [0.15, 0.2) is 24.3 Å². The van der Waals surface area contributed by atoms with Crippen molar-refractivity contribution in [2.45, 2.75) is 19.8 Å². The highest BCUT2D eigenvalue weighted by molar-refractivity contribution is 5.25. The van der Waals surface area contributed by atoms with Crippen LogP contribution in [0.4, 0.5) is 0 Å². The molecule has 1 atom stereocenters. The van der Waals surface area contributed by atoms with E-state index in [0.717, 1.165) is 5.56 Å². The summed E-state index contributed by atoms with van der Waals surface area (Å²) in [5.74, 6) is 0.263. The van der Waals surface area contributed by atoms with E-state index in [-0.39, 0.29) is 12.0 Å². The summed E-state index contributed by atoms with van der Waals surface area (Å²) in [6, 6.07) is 6.86. The van der Waals surface area contributed by atoms with E-state index >= 15 is 0 Å². The number of rotatable bonds is 3. The minimum Gasteiger partial charge on any atom is -0.508 e. The van der Waals surface area contributed by atoms with Gasteiger partial charge in [-0.3, -0.25) is 0 Å². The lowest BCUT2D eigenvalue weighted by Crippen LogP contribution is -2.18. The predicted octanol–water partition coefficient (Wildman–Crippen LogP) is 1.21. The zero-order chi connectivity index (χ0) is 8.97. The van der Waals surface area contributed by atoms with E-state index in [9.17, 15) is 0 Å². The van der Waals surface area contributed by atoms with Gasteiger partial charge in [-0.2, -0.15) is 0 Å². The molecule has 1 rings (SSSR count). The van der Waals surface area contributed by atoms with Crippen LogP contribution < -0.4 is 5.73 Å². The smallest absolute Gasteiger partial charge is 0.115 e. The summed E-state index contributed by atoms with van der Waals surface area (Å²) < 4.78 is 5.16. The van der Waals surface area contributed by atoms with E-state index in [2.05, 4.69) is 0 Å². The van der Waals surface area contributed by atoms with Gasteiger partial charge < -0.3 is 15.6 Å². The highest BCUT2D eigenvalue weighted by Gasteiger charge is 1.95. The standard InChI is InChI=1S/C9H13NO2/c1-7(10)12-6-8-2-4-9(11)5-3-8/h2-5,7,11H,6,10H2,1H3. The molecular formula is C9H13NO2. The number of hydrogen-bond donors (Lipinski definition) is 2. The van der Waals surface area contributed by atoms with E-state index in [1.165, 1.54) is 0 Å². The molecule has 0 saturated carbocycles. The van der Waals surface area contributed by atoms with Gasteiger partial charge in [0.1, 0.15) is 12.0 Å². The van der Waals surface area contributed by atoms with Gasteiger partial charge in [-0.1, -0.05) is 12.1 Å². The summed E-state index contributed by atoms with van der Waals surface area (Å²) in [5, 5.41) is 8.97. The molecule has 0 fully saturated rings. The minimum absolute atomic E-state index is 0.251. The normalized spacial score (nSPS) is 12.8. The molecule has 12 heavy (non-hydrogen) atoms. The number of hydrogen-bond acceptors (Lipinski definition) is 3. The summed E-state index contributed by atoms with van der Waals surface area (Å²) in [4.78, 5) is 0. The Bertz CT molecular complexity index is 231. The predicted molar refractivity (Wildman–Crippen MR) is 46.5 cm³/mol. The number of phenolic OH excluding ortho intramolecular Hbond substituents is 1. The molecule has 0 amide bonds. The number of benzene rings is 1. The second-order valence-electron chi connectivity index (χ2n) is 2.68. The minimum atomic E-state index is -0.251. The van der Waals surface area contributed by atoms with Crippen molar-refractivity contribution in [2.24, 2.45) is 5.73 Å². The van der Waals surface area contributed by atoms with Gasteiger partial charge in [-0.05, 0) is 24.6 Å². The van der Waals surface area contributed by atoms with Crippen LogP contribution in [0.25, 0.3) is 0 Å². The third kappa shape index (κ3) is 2.90. The lowest BCUT2D eigenvalue weighted by Gasteiger charge is -2.06. The SMILES string of the molecule is CC(N)OCc1ccc(O)cc1. The Kier molecular flexibility index (Phi) is 3.08. The van der Waals surface area contributed by atoms with Crippen molar-refractivity contribution in [3.8, 4) is 5.75 Å². The van der Waals surface area contributed by atoms with Gasteiger partial charge in [0.05, 0.1) is 6.61 Å². The van der Waals surface area contributed by atoms with Crippen molar-refractivity contribution in [3.63, 3.8) is 0 Å². The average molecular weight is 167 g/mol. The average Bonchev–Trinajstić information content (AvgIpc) is 2.03. The summed E-state index contributed by atoms with van der Waals surface area (Å²) in [6.45, 7) is 2.26. The molecule has 66 valence electrons. The van der Waals surface area contributed by atoms with Crippen LogP contribution in [0.1, 0.15) is 12.5 Å². The van der Waals surface area contributed by atoms with E-state index < -0.39 is 0 Å². The fourth-order valence-corrected chi connectivity index (χ4v) is 0.820. The second kappa shape index (κ2) is 4.09. The first-order valence-corrected chi connectivity index (χ1v) is 3.83. The van der Waals surface area contributed by atoms with E-state index in [4.69, 9.17) is 15.6 Å². The van der Waals surface area contributed by atoms with Crippen LogP contribution in [-0.4, -0.2) is 11.3 Å². The third-order valence-electron chi connectivity index (χ3n) is 1.45. The molecule has 0 aromatic heterocycles. The molecule has 3 nitrogen and oxygen atoms in total. The van der Waals surface area contributed by atoms with Crippen molar-refractivity contribution in [3.05, 3.63) is 29.8 Å². The summed E-state index contributed by atoms with van der Waals surface area (Å²) in [5.41, 5.74) is 6.40. The number of phenols is 1. The molecule has 0 bridgehead atoms. The molecule has 1 aromatic carbocycles. The van der Waals surface area contributed by atoms with E-state index in [1.54, 1.807) is 31.2 Å². The maximum atomic E-state index is 8.97. The van der Waals surface area contributed by atoms with E-state index in [1.807, 2.05) is 0 Å². The number of aromatic hydroxyl groups is 1. The van der Waals surface area contributed by atoms with Crippen LogP contribution in [0.2, 0.25) is 0 Å². The lowest BCUT2D eigenvalue weighted by atomic mass is 10.2.